The van der Waals surface area contributed by atoms with Crippen molar-refractivity contribution in [3.8, 4) is 0 Å². The van der Waals surface area contributed by atoms with E-state index in [1.807, 2.05) is 0 Å². The van der Waals surface area contributed by atoms with Crippen LogP contribution in [0.1, 0.15) is 40.5 Å². The number of rotatable bonds is 5. The molecular weight excluding hydrogens is 324 g/mol. The van der Waals surface area contributed by atoms with Gasteiger partial charge >= 0.3 is 0 Å². The summed E-state index contributed by atoms with van der Waals surface area (Å²) in [6, 6.07) is 21.4. The number of Topliss-reactive ketones (excluding diaryl/α,β-unsaturated/α-hetero) is 1. The van der Waals surface area contributed by atoms with Gasteiger partial charge in [-0.3, -0.25) is 4.79 Å². The van der Waals surface area contributed by atoms with Gasteiger partial charge in [0.15, 0.2) is 0 Å². The molecule has 2 aromatic carbocycles. The largest absolute Gasteiger partial charge is 0.404 e. The quantitative estimate of drug-likeness (QED) is 0.762. The van der Waals surface area contributed by atoms with Crippen molar-refractivity contribution in [3.63, 3.8) is 0 Å². The van der Waals surface area contributed by atoms with Crippen LogP contribution in [0.3, 0.4) is 0 Å². The Bertz CT molecular complexity index is 673. The van der Waals surface area contributed by atoms with Gasteiger partial charge in [-0.2, -0.15) is 0 Å². The molecule has 0 N–H and O–H groups in total. The monoisotopic (exact) mass is 352 g/mol. The molecule has 25 heavy (non-hydrogen) atoms. The Morgan fingerprint density at radius 3 is 1.72 bits per heavy atom. The van der Waals surface area contributed by atoms with Crippen molar-refractivity contribution < 1.29 is 9.22 Å². The van der Waals surface area contributed by atoms with Crippen molar-refractivity contribution in [2.45, 2.75) is 51.7 Å². The summed E-state index contributed by atoms with van der Waals surface area (Å²) >= 11 is 0. The first kappa shape index (κ1) is 18.1. The summed E-state index contributed by atoms with van der Waals surface area (Å²) in [5.74, 6) is 0.477. The van der Waals surface area contributed by atoms with Gasteiger partial charge in [-0.25, -0.2) is 0 Å². The molecule has 0 atom stereocenters. The lowest BCUT2D eigenvalue weighted by Crippen LogP contribution is -2.68. The lowest BCUT2D eigenvalue weighted by molar-refractivity contribution is -0.126. The van der Waals surface area contributed by atoms with Gasteiger partial charge in [-0.05, 0) is 35.2 Å². The maximum absolute atomic E-state index is 11.6. The standard InChI is InChI=1S/C22H28O2Si/c1-17(23)18-15-19(16-18)24-25(22(2,3)4,20-11-7-5-8-12-20)21-13-9-6-10-14-21/h5-14,18-19H,15-16H2,1-4H3/t18-,19+. The molecule has 0 heterocycles. The van der Waals surface area contributed by atoms with Crippen molar-refractivity contribution in [3.05, 3.63) is 60.7 Å². The van der Waals surface area contributed by atoms with Gasteiger partial charge in [0.25, 0.3) is 8.32 Å². The maximum Gasteiger partial charge on any atom is 0.261 e. The fourth-order valence-corrected chi connectivity index (χ4v) is 8.64. The van der Waals surface area contributed by atoms with Gasteiger partial charge in [0, 0.05) is 12.0 Å². The van der Waals surface area contributed by atoms with E-state index in [0.29, 0.717) is 5.78 Å². The fraction of sp³-hybridized carbons (Fsp3) is 0.409. The Balaban J connectivity index is 2.05. The molecule has 1 saturated carbocycles. The van der Waals surface area contributed by atoms with Gasteiger partial charge < -0.3 is 4.43 Å². The second-order valence-corrected chi connectivity index (χ2v) is 12.4. The summed E-state index contributed by atoms with van der Waals surface area (Å²) in [5, 5.41) is 2.61. The third-order valence-electron chi connectivity index (χ3n) is 5.43. The summed E-state index contributed by atoms with van der Waals surface area (Å²) in [5.41, 5.74) is 0. The third kappa shape index (κ3) is 3.36. The minimum atomic E-state index is -2.46. The molecule has 3 rings (SSSR count). The first-order valence-electron chi connectivity index (χ1n) is 9.14. The zero-order valence-electron chi connectivity index (χ0n) is 15.7. The van der Waals surface area contributed by atoms with E-state index in [0.717, 1.165) is 12.8 Å². The lowest BCUT2D eigenvalue weighted by atomic mass is 9.80. The van der Waals surface area contributed by atoms with Gasteiger partial charge in [-0.1, -0.05) is 81.4 Å². The smallest absolute Gasteiger partial charge is 0.261 e. The number of carbonyl (C=O) groups is 1. The minimum Gasteiger partial charge on any atom is -0.404 e. The molecular formula is C22H28O2Si. The Morgan fingerprint density at radius 1 is 0.920 bits per heavy atom. The highest BCUT2D eigenvalue weighted by Crippen LogP contribution is 2.41. The van der Waals surface area contributed by atoms with E-state index in [4.69, 9.17) is 4.43 Å². The molecule has 0 aliphatic heterocycles. The molecule has 3 heteroatoms. The van der Waals surface area contributed by atoms with Crippen LogP contribution in [-0.4, -0.2) is 20.2 Å². The number of ketones is 1. The van der Waals surface area contributed by atoms with E-state index in [2.05, 4.69) is 81.4 Å². The molecule has 2 aromatic rings. The number of benzene rings is 2. The van der Waals surface area contributed by atoms with E-state index in [9.17, 15) is 4.79 Å². The molecule has 1 aliphatic rings. The average molecular weight is 353 g/mol. The van der Waals surface area contributed by atoms with Crippen LogP contribution in [0.15, 0.2) is 60.7 Å². The summed E-state index contributed by atoms with van der Waals surface area (Å²) in [7, 11) is -2.46. The molecule has 1 fully saturated rings. The summed E-state index contributed by atoms with van der Waals surface area (Å²) in [6.07, 6.45) is 1.90. The van der Waals surface area contributed by atoms with Gasteiger partial charge in [0.1, 0.15) is 5.78 Å². The highest BCUT2D eigenvalue weighted by Gasteiger charge is 2.53. The SMILES string of the molecule is CC(=O)[C@H]1C[C@@H](O[Si](c2ccccc2)(c2ccccc2)C(C)(C)C)C1. The second-order valence-electron chi connectivity index (χ2n) is 8.18. The molecule has 0 radical (unpaired) electrons. The molecule has 0 unspecified atom stereocenters. The summed E-state index contributed by atoms with van der Waals surface area (Å²) in [4.78, 5) is 11.6. The highest BCUT2D eigenvalue weighted by atomic mass is 28.4. The van der Waals surface area contributed by atoms with Crippen molar-refractivity contribution in [2.75, 3.05) is 0 Å². The normalized spacial score (nSPS) is 20.8. The lowest BCUT2D eigenvalue weighted by Gasteiger charge is -2.48. The zero-order valence-corrected chi connectivity index (χ0v) is 16.7. The second kappa shape index (κ2) is 6.89. The molecule has 2 nitrogen and oxygen atoms in total. The van der Waals surface area contributed by atoms with Crippen molar-refractivity contribution in [1.82, 2.24) is 0 Å². The number of hydrogen-bond acceptors (Lipinski definition) is 2. The van der Waals surface area contributed by atoms with Crippen LogP contribution in [0.5, 0.6) is 0 Å². The van der Waals surface area contributed by atoms with E-state index in [-0.39, 0.29) is 17.1 Å². The predicted molar refractivity (Wildman–Crippen MR) is 106 cm³/mol. The van der Waals surface area contributed by atoms with E-state index in [1.54, 1.807) is 6.92 Å². The first-order chi connectivity index (χ1) is 11.8. The Labute approximate surface area is 152 Å². The van der Waals surface area contributed by atoms with E-state index < -0.39 is 8.32 Å². The van der Waals surface area contributed by atoms with E-state index in [1.165, 1.54) is 10.4 Å². The molecule has 0 amide bonds. The first-order valence-corrected chi connectivity index (χ1v) is 11.0. The Hall–Kier alpha value is -1.71. The summed E-state index contributed by atoms with van der Waals surface area (Å²) in [6.45, 7) is 8.57. The van der Waals surface area contributed by atoms with Crippen LogP contribution < -0.4 is 10.4 Å². The minimum absolute atomic E-state index is 0.00296. The predicted octanol–water partition coefficient (Wildman–Crippen LogP) is 3.93. The molecule has 132 valence electrons. The van der Waals surface area contributed by atoms with Crippen LogP contribution in [-0.2, 0) is 9.22 Å². The van der Waals surface area contributed by atoms with Crippen LogP contribution in [0.2, 0.25) is 5.04 Å². The zero-order chi connectivity index (χ0) is 18.1. The molecule has 0 bridgehead atoms. The topological polar surface area (TPSA) is 26.3 Å². The molecule has 0 aromatic heterocycles. The van der Waals surface area contributed by atoms with Crippen molar-refractivity contribution in [2.24, 2.45) is 5.92 Å². The van der Waals surface area contributed by atoms with E-state index >= 15 is 0 Å². The highest BCUT2D eigenvalue weighted by molar-refractivity contribution is 6.99. The molecule has 1 aliphatic carbocycles. The average Bonchev–Trinajstić information content (AvgIpc) is 2.54. The number of carbonyl (C=O) groups excluding carboxylic acids is 1. The van der Waals surface area contributed by atoms with Crippen LogP contribution in [0, 0.1) is 5.92 Å². The van der Waals surface area contributed by atoms with Crippen LogP contribution in [0.25, 0.3) is 0 Å². The van der Waals surface area contributed by atoms with Gasteiger partial charge in [0.05, 0.1) is 0 Å². The van der Waals surface area contributed by atoms with Gasteiger partial charge in [0.2, 0.25) is 0 Å². The fourth-order valence-electron chi connectivity index (χ4n) is 3.94. The van der Waals surface area contributed by atoms with Crippen molar-refractivity contribution >= 4 is 24.5 Å². The van der Waals surface area contributed by atoms with Gasteiger partial charge in [-0.15, -0.1) is 0 Å². The van der Waals surface area contributed by atoms with Crippen molar-refractivity contribution in [1.29, 1.82) is 0 Å². The number of hydrogen-bond donors (Lipinski definition) is 0. The van der Waals surface area contributed by atoms with Crippen LogP contribution >= 0.6 is 0 Å². The molecule has 0 saturated heterocycles. The Kier molecular flexibility index (Phi) is 4.98. The Morgan fingerprint density at radius 2 is 1.36 bits per heavy atom. The summed E-state index contributed by atoms with van der Waals surface area (Å²) < 4.78 is 6.98. The third-order valence-corrected chi connectivity index (χ3v) is 10.5. The molecule has 0 spiro atoms. The maximum atomic E-state index is 11.6. The van der Waals surface area contributed by atoms with Crippen LogP contribution in [0.4, 0.5) is 0 Å².